The molecule has 0 amide bonds. The number of alkyl halides is 3. The van der Waals surface area contributed by atoms with Crippen molar-refractivity contribution in [2.45, 2.75) is 50.3 Å². The van der Waals surface area contributed by atoms with E-state index in [0.29, 0.717) is 17.8 Å². The van der Waals surface area contributed by atoms with Crippen molar-refractivity contribution in [1.82, 2.24) is 25.1 Å². The van der Waals surface area contributed by atoms with Crippen LogP contribution in [0.5, 0.6) is 0 Å². The van der Waals surface area contributed by atoms with E-state index in [4.69, 9.17) is 4.42 Å². The number of hydrogen-bond acceptors (Lipinski definition) is 7. The Morgan fingerprint density at radius 1 is 1.05 bits per heavy atom. The fourth-order valence-corrected chi connectivity index (χ4v) is 6.13. The summed E-state index contributed by atoms with van der Waals surface area (Å²) < 4.78 is 72.9. The number of nitrogens with zero attached hydrogens (tertiary/aromatic N) is 5. The Labute approximate surface area is 212 Å². The van der Waals surface area contributed by atoms with Gasteiger partial charge in [0.15, 0.2) is 6.10 Å². The van der Waals surface area contributed by atoms with Crippen LogP contribution in [-0.4, -0.2) is 36.4 Å². The van der Waals surface area contributed by atoms with Crippen LogP contribution in [0, 0.1) is 17.0 Å². The molecule has 3 aromatic heterocycles. The highest BCUT2D eigenvalue weighted by Crippen LogP contribution is 2.69. The fraction of sp³-hybridized carbons (Fsp3) is 0.346. The molecule has 0 radical (unpaired) electrons. The van der Waals surface area contributed by atoms with E-state index in [1.165, 1.54) is 12.3 Å². The Morgan fingerprint density at radius 2 is 1.79 bits per heavy atom. The minimum absolute atomic E-state index is 0.0117. The van der Waals surface area contributed by atoms with Crippen molar-refractivity contribution in [2.75, 3.05) is 0 Å². The van der Waals surface area contributed by atoms with E-state index in [1.54, 1.807) is 12.3 Å². The summed E-state index contributed by atoms with van der Waals surface area (Å²) >= 11 is 0. The molecule has 1 saturated carbocycles. The second-order valence-electron chi connectivity index (χ2n) is 10.2. The number of aliphatic hydroxyl groups is 1. The first kappa shape index (κ1) is 24.5. The van der Waals surface area contributed by atoms with Gasteiger partial charge in [0.1, 0.15) is 29.3 Å². The standard InChI is InChI=1S/C26H20F5N5O2/c1-24(2)13-6-7-25(24,21-12(13)8-16(35-36-21)20-14(27)4-3-5-15(20)28)19-10-32-9-17(33-19)23-34-18(11-38-23)22(37)26(29,30)31/h3-5,8-11,13,22,37H,6-7H2,1-2H3/t13-,22+,25-/m0/s1. The van der Waals surface area contributed by atoms with Crippen molar-refractivity contribution in [3.63, 3.8) is 0 Å². The van der Waals surface area contributed by atoms with Crippen LogP contribution in [0.3, 0.4) is 0 Å². The van der Waals surface area contributed by atoms with Crippen molar-refractivity contribution >= 4 is 0 Å². The zero-order valence-electron chi connectivity index (χ0n) is 20.1. The van der Waals surface area contributed by atoms with Gasteiger partial charge in [0.25, 0.3) is 0 Å². The molecule has 3 heterocycles. The van der Waals surface area contributed by atoms with Crippen LogP contribution in [0.4, 0.5) is 22.0 Å². The van der Waals surface area contributed by atoms with Gasteiger partial charge in [-0.15, -0.1) is 5.10 Å². The predicted octanol–water partition coefficient (Wildman–Crippen LogP) is 5.67. The summed E-state index contributed by atoms with van der Waals surface area (Å²) in [7, 11) is 0. The van der Waals surface area contributed by atoms with Crippen molar-refractivity contribution in [3.8, 4) is 22.8 Å². The highest BCUT2D eigenvalue weighted by atomic mass is 19.4. The van der Waals surface area contributed by atoms with Gasteiger partial charge in [-0.2, -0.15) is 18.3 Å². The molecule has 0 spiro atoms. The van der Waals surface area contributed by atoms with Gasteiger partial charge < -0.3 is 9.52 Å². The normalized spacial score (nSPS) is 22.5. The highest BCUT2D eigenvalue weighted by Gasteiger charge is 2.65. The van der Waals surface area contributed by atoms with Crippen molar-refractivity contribution in [1.29, 1.82) is 0 Å². The predicted molar refractivity (Wildman–Crippen MR) is 122 cm³/mol. The van der Waals surface area contributed by atoms with E-state index in [9.17, 15) is 27.1 Å². The summed E-state index contributed by atoms with van der Waals surface area (Å²) in [5.41, 5.74) is -0.0511. The smallest absolute Gasteiger partial charge is 0.420 e. The third-order valence-corrected chi connectivity index (χ3v) is 8.00. The maximum absolute atomic E-state index is 14.5. The van der Waals surface area contributed by atoms with Crippen LogP contribution in [0.15, 0.2) is 47.3 Å². The molecule has 2 bridgehead atoms. The van der Waals surface area contributed by atoms with Gasteiger partial charge in [0, 0.05) is 6.20 Å². The Bertz CT molecular complexity index is 1550. The van der Waals surface area contributed by atoms with Gasteiger partial charge in [-0.1, -0.05) is 19.9 Å². The minimum atomic E-state index is -4.90. The molecule has 2 aliphatic carbocycles. The molecule has 12 heteroatoms. The van der Waals surface area contributed by atoms with Gasteiger partial charge in [-0.25, -0.2) is 18.7 Å². The number of rotatable bonds is 4. The molecule has 0 saturated heterocycles. The average Bonchev–Trinajstić information content (AvgIpc) is 3.51. The SMILES string of the molecule is CC1(C)[C@H]2CC[C@]1(c1cncc(-c3nc([C@@H](O)C(F)(F)F)co3)n1)c1nnc(-c3c(F)cccc3F)cc12. The summed E-state index contributed by atoms with van der Waals surface area (Å²) in [4.78, 5) is 12.7. The number of fused-ring (bicyclic) bond motifs is 5. The van der Waals surface area contributed by atoms with E-state index in [1.807, 2.05) is 13.8 Å². The molecule has 38 heavy (non-hydrogen) atoms. The summed E-state index contributed by atoms with van der Waals surface area (Å²) in [6, 6.07) is 5.27. The lowest BCUT2D eigenvalue weighted by Gasteiger charge is -2.37. The molecule has 7 nitrogen and oxygen atoms in total. The molecule has 0 aliphatic heterocycles. The first-order valence-electron chi connectivity index (χ1n) is 11.8. The highest BCUT2D eigenvalue weighted by molar-refractivity contribution is 5.64. The molecule has 2 aliphatic rings. The maximum atomic E-state index is 14.5. The van der Waals surface area contributed by atoms with E-state index in [0.717, 1.165) is 30.4 Å². The maximum Gasteiger partial charge on any atom is 0.420 e. The number of halogens is 5. The van der Waals surface area contributed by atoms with Crippen LogP contribution in [0.2, 0.25) is 0 Å². The van der Waals surface area contributed by atoms with Gasteiger partial charge >= 0.3 is 6.18 Å². The van der Waals surface area contributed by atoms with Gasteiger partial charge in [-0.3, -0.25) is 4.98 Å². The van der Waals surface area contributed by atoms with Gasteiger partial charge in [0.05, 0.1) is 34.3 Å². The molecule has 4 aromatic rings. The minimum Gasteiger partial charge on any atom is -0.443 e. The average molecular weight is 529 g/mol. The number of benzene rings is 1. The molecule has 0 unspecified atom stereocenters. The first-order chi connectivity index (χ1) is 17.9. The van der Waals surface area contributed by atoms with Crippen LogP contribution >= 0.6 is 0 Å². The van der Waals surface area contributed by atoms with Crippen LogP contribution in [-0.2, 0) is 5.41 Å². The first-order valence-corrected chi connectivity index (χ1v) is 11.8. The largest absolute Gasteiger partial charge is 0.443 e. The van der Waals surface area contributed by atoms with Crippen molar-refractivity contribution < 1.29 is 31.5 Å². The second-order valence-corrected chi connectivity index (χ2v) is 10.2. The summed E-state index contributed by atoms with van der Waals surface area (Å²) in [6.45, 7) is 4.10. The Balaban J connectivity index is 1.45. The number of hydrogen-bond donors (Lipinski definition) is 1. The van der Waals surface area contributed by atoms with Crippen LogP contribution < -0.4 is 0 Å². The molecule has 1 aromatic carbocycles. The third kappa shape index (κ3) is 3.32. The second kappa shape index (κ2) is 8.10. The molecule has 6 rings (SSSR count). The topological polar surface area (TPSA) is 97.8 Å². The number of aliphatic hydroxyl groups excluding tert-OH is 1. The lowest BCUT2D eigenvalue weighted by Crippen LogP contribution is -2.38. The van der Waals surface area contributed by atoms with Crippen molar-refractivity contribution in [2.24, 2.45) is 5.41 Å². The molecule has 3 atom stereocenters. The zero-order chi connectivity index (χ0) is 27.0. The van der Waals surface area contributed by atoms with Gasteiger partial charge in [0.2, 0.25) is 5.89 Å². The Kier molecular flexibility index (Phi) is 5.23. The van der Waals surface area contributed by atoms with Crippen molar-refractivity contribution in [3.05, 3.63) is 77.2 Å². The Morgan fingerprint density at radius 3 is 2.50 bits per heavy atom. The summed E-state index contributed by atoms with van der Waals surface area (Å²) in [5, 5.41) is 18.1. The molecule has 1 fully saturated rings. The van der Waals surface area contributed by atoms with E-state index < -0.39 is 40.4 Å². The molecule has 196 valence electrons. The number of oxazole rings is 1. The molecular weight excluding hydrogens is 509 g/mol. The molecular formula is C26H20F5N5O2. The quantitative estimate of drug-likeness (QED) is 0.341. The van der Waals surface area contributed by atoms with E-state index in [-0.39, 0.29) is 28.8 Å². The van der Waals surface area contributed by atoms with E-state index in [2.05, 4.69) is 25.1 Å². The monoisotopic (exact) mass is 529 g/mol. The lowest BCUT2D eigenvalue weighted by atomic mass is 9.66. The zero-order valence-corrected chi connectivity index (χ0v) is 20.1. The fourth-order valence-electron chi connectivity index (χ4n) is 6.13. The van der Waals surface area contributed by atoms with Gasteiger partial charge in [-0.05, 0) is 47.9 Å². The molecule has 1 N–H and O–H groups in total. The Hall–Kier alpha value is -3.80. The van der Waals surface area contributed by atoms with Crippen LogP contribution in [0.1, 0.15) is 61.4 Å². The van der Waals surface area contributed by atoms with E-state index >= 15 is 0 Å². The lowest BCUT2D eigenvalue weighted by molar-refractivity contribution is -0.207. The third-order valence-electron chi connectivity index (χ3n) is 8.00. The summed E-state index contributed by atoms with van der Waals surface area (Å²) in [6.07, 6.45) is -2.71. The van der Waals surface area contributed by atoms with Crippen LogP contribution in [0.25, 0.3) is 22.8 Å². The number of aromatic nitrogens is 5. The summed E-state index contributed by atoms with van der Waals surface area (Å²) in [5.74, 6) is -1.72.